The predicted octanol–water partition coefficient (Wildman–Crippen LogP) is 3.68. The Bertz CT molecular complexity index is 722. The largest absolute Gasteiger partial charge is 0.481 e. The first-order chi connectivity index (χ1) is 25.7. The topological polar surface area (TPSA) is 168 Å². The molecule has 0 saturated heterocycles. The van der Waals surface area contributed by atoms with Gasteiger partial charge in [0.15, 0.2) is 0 Å². The van der Waals surface area contributed by atoms with Gasteiger partial charge in [0.2, 0.25) is 5.91 Å². The summed E-state index contributed by atoms with van der Waals surface area (Å²) < 4.78 is 60.4. The molecule has 52 heavy (non-hydrogen) atoms. The van der Waals surface area contributed by atoms with Gasteiger partial charge in [-0.3, -0.25) is 9.59 Å². The van der Waals surface area contributed by atoms with E-state index in [1.807, 2.05) is 0 Å². The van der Waals surface area contributed by atoms with Crippen molar-refractivity contribution < 1.29 is 66.8 Å². The first kappa shape index (κ1) is 50.5. The predicted molar refractivity (Wildman–Crippen MR) is 196 cm³/mol. The minimum absolute atomic E-state index is 0.00879. The maximum Gasteiger partial charge on any atom is 0.303 e. The van der Waals surface area contributed by atoms with Crippen LogP contribution in [-0.4, -0.2) is 169 Å². The van der Waals surface area contributed by atoms with Gasteiger partial charge in [0.25, 0.3) is 0 Å². The maximum absolute atomic E-state index is 11.4. The lowest BCUT2D eigenvalue weighted by molar-refractivity contribution is -0.138. The van der Waals surface area contributed by atoms with Crippen LogP contribution < -0.4 is 5.32 Å². The average molecular weight is 756 g/mol. The van der Waals surface area contributed by atoms with Gasteiger partial charge >= 0.3 is 5.97 Å². The zero-order valence-electron chi connectivity index (χ0n) is 32.3. The molecule has 0 aromatic carbocycles. The Hall–Kier alpha value is -1.50. The molecule has 0 spiro atoms. The van der Waals surface area contributed by atoms with Gasteiger partial charge in [0.1, 0.15) is 0 Å². The van der Waals surface area contributed by atoms with Crippen LogP contribution in [-0.2, 0) is 61.7 Å². The zero-order valence-corrected chi connectivity index (χ0v) is 32.3. The van der Waals surface area contributed by atoms with E-state index in [1.165, 1.54) is 44.9 Å². The molecule has 310 valence electrons. The van der Waals surface area contributed by atoms with Crippen molar-refractivity contribution >= 4 is 11.9 Å². The minimum Gasteiger partial charge on any atom is -0.481 e. The number of unbranched alkanes of at least 4 members (excludes halogenated alkanes) is 7. The van der Waals surface area contributed by atoms with E-state index in [9.17, 15) is 9.59 Å². The summed E-state index contributed by atoms with van der Waals surface area (Å²) in [7, 11) is 0. The molecule has 1 amide bonds. The molecule has 0 unspecified atom stereocenters. The lowest BCUT2D eigenvalue weighted by Crippen LogP contribution is -2.25. The van der Waals surface area contributed by atoms with Crippen LogP contribution in [0.5, 0.6) is 0 Å². The summed E-state index contributed by atoms with van der Waals surface area (Å²) in [6.45, 7) is 14.2. The second-order valence-electron chi connectivity index (χ2n) is 11.8. The normalized spacial score (nSPS) is 11.4. The molecule has 0 heterocycles. The van der Waals surface area contributed by atoms with Crippen LogP contribution in [0.15, 0.2) is 0 Å². The highest BCUT2D eigenvalue weighted by atomic mass is 16.6. The highest BCUT2D eigenvalue weighted by Gasteiger charge is 2.04. The third kappa shape index (κ3) is 46.5. The third-order valence-corrected chi connectivity index (χ3v) is 7.22. The van der Waals surface area contributed by atoms with Crippen molar-refractivity contribution in [3.8, 4) is 0 Å². The Balaban J connectivity index is 3.08. The Kier molecular flexibility index (Phi) is 44.3. The fourth-order valence-corrected chi connectivity index (χ4v) is 4.35. The molecule has 0 aliphatic rings. The highest BCUT2D eigenvalue weighted by Crippen LogP contribution is 2.08. The number of nitrogens with one attached hydrogen (secondary N) is 1. The number of aliphatic carboxylic acids is 1. The molecule has 2 N–H and O–H groups in total. The first-order valence-corrected chi connectivity index (χ1v) is 19.5. The fourth-order valence-electron chi connectivity index (χ4n) is 4.35. The molecule has 0 radical (unpaired) electrons. The van der Waals surface area contributed by atoms with E-state index in [-0.39, 0.29) is 18.7 Å². The molecule has 15 nitrogen and oxygen atoms in total. The molecular weight excluding hydrogens is 682 g/mol. The summed E-state index contributed by atoms with van der Waals surface area (Å²) in [6, 6.07) is 0. The molecule has 0 atom stereocenters. The van der Waals surface area contributed by atoms with E-state index < -0.39 is 5.97 Å². The lowest BCUT2D eigenvalue weighted by Gasteiger charge is -2.09. The summed E-state index contributed by atoms with van der Waals surface area (Å²) in [5.41, 5.74) is 0. The Morgan fingerprint density at radius 1 is 0.365 bits per heavy atom. The summed E-state index contributed by atoms with van der Waals surface area (Å²) in [5, 5.41) is 11.2. The molecule has 0 rings (SSSR count). The van der Waals surface area contributed by atoms with E-state index in [0.717, 1.165) is 13.0 Å². The van der Waals surface area contributed by atoms with E-state index >= 15 is 0 Å². The number of hydrogen-bond acceptors (Lipinski definition) is 13. The van der Waals surface area contributed by atoms with Crippen LogP contribution in [0.1, 0.15) is 77.6 Å². The number of carboxylic acids is 1. The molecule has 0 aliphatic carbocycles. The summed E-state index contributed by atoms with van der Waals surface area (Å²) >= 11 is 0. The molecule has 0 aliphatic heterocycles. The standard InChI is InChI=1S/C37H73NO14/c1-2-3-4-5-6-7-8-9-14-42-16-18-44-20-22-46-24-26-48-28-30-50-32-34-52-35-33-51-31-29-49-27-25-47-23-21-45-19-17-43-15-10-13-38-36(39)11-12-37(40)41/h2-35H2,1H3,(H,38,39)(H,40,41). The number of hydrogen-bond donors (Lipinski definition) is 2. The van der Waals surface area contributed by atoms with Crippen molar-refractivity contribution in [1.29, 1.82) is 0 Å². The Morgan fingerprint density at radius 2 is 0.635 bits per heavy atom. The van der Waals surface area contributed by atoms with Crippen molar-refractivity contribution in [3.05, 3.63) is 0 Å². The van der Waals surface area contributed by atoms with Crippen LogP contribution >= 0.6 is 0 Å². The number of amides is 1. The second kappa shape index (κ2) is 45.7. The molecule has 15 heteroatoms. The SMILES string of the molecule is CCCCCCCCCCOCCOCCOCCOCCOCCOCCOCCOCCOCCOCCOCCCNC(=O)CCC(=O)O. The van der Waals surface area contributed by atoms with Crippen molar-refractivity contribution in [2.24, 2.45) is 0 Å². The molecule has 0 fully saturated rings. The van der Waals surface area contributed by atoms with Crippen molar-refractivity contribution in [2.75, 3.05) is 152 Å². The summed E-state index contributed by atoms with van der Waals surface area (Å²) in [4.78, 5) is 21.8. The van der Waals surface area contributed by atoms with Gasteiger partial charge in [0.05, 0.1) is 139 Å². The quantitative estimate of drug-likeness (QED) is 0.0864. The summed E-state index contributed by atoms with van der Waals surface area (Å²) in [5.74, 6) is -1.25. The van der Waals surface area contributed by atoms with Crippen LogP contribution in [0, 0.1) is 0 Å². The molecule has 0 saturated carbocycles. The van der Waals surface area contributed by atoms with E-state index in [2.05, 4.69) is 12.2 Å². The third-order valence-electron chi connectivity index (χ3n) is 7.22. The molecule has 0 aromatic heterocycles. The molecule has 0 aromatic rings. The van der Waals surface area contributed by atoms with Crippen LogP contribution in [0.4, 0.5) is 0 Å². The first-order valence-electron chi connectivity index (χ1n) is 19.5. The minimum atomic E-state index is -0.981. The number of carboxylic acid groups (broad SMARTS) is 1. The molecular formula is C37H73NO14. The van der Waals surface area contributed by atoms with Gasteiger partial charge in [0, 0.05) is 26.2 Å². The van der Waals surface area contributed by atoms with E-state index in [1.54, 1.807) is 0 Å². The summed E-state index contributed by atoms with van der Waals surface area (Å²) in [6.07, 6.45) is 11.0. The molecule has 0 bridgehead atoms. The second-order valence-corrected chi connectivity index (χ2v) is 11.8. The van der Waals surface area contributed by atoms with Gasteiger partial charge in [-0.25, -0.2) is 0 Å². The van der Waals surface area contributed by atoms with Crippen LogP contribution in [0.3, 0.4) is 0 Å². The fraction of sp³-hybridized carbons (Fsp3) is 0.946. The van der Waals surface area contributed by atoms with Gasteiger partial charge < -0.3 is 62.5 Å². The Labute approximate surface area is 313 Å². The average Bonchev–Trinajstić information content (AvgIpc) is 3.14. The zero-order chi connectivity index (χ0) is 37.7. The van der Waals surface area contributed by atoms with Crippen molar-refractivity contribution in [1.82, 2.24) is 5.32 Å². The van der Waals surface area contributed by atoms with Crippen LogP contribution in [0.25, 0.3) is 0 Å². The van der Waals surface area contributed by atoms with Crippen LogP contribution in [0.2, 0.25) is 0 Å². The number of carbonyl (C=O) groups excluding carboxylic acids is 1. The maximum atomic E-state index is 11.4. The van der Waals surface area contributed by atoms with Gasteiger partial charge in [-0.05, 0) is 12.8 Å². The number of ether oxygens (including phenoxy) is 11. The van der Waals surface area contributed by atoms with Crippen molar-refractivity contribution in [2.45, 2.75) is 77.6 Å². The van der Waals surface area contributed by atoms with Gasteiger partial charge in [-0.15, -0.1) is 0 Å². The van der Waals surface area contributed by atoms with Gasteiger partial charge in [-0.1, -0.05) is 51.9 Å². The van der Waals surface area contributed by atoms with E-state index in [4.69, 9.17) is 57.2 Å². The van der Waals surface area contributed by atoms with E-state index in [0.29, 0.717) is 152 Å². The van der Waals surface area contributed by atoms with Gasteiger partial charge in [-0.2, -0.15) is 0 Å². The number of rotatable bonds is 46. The lowest BCUT2D eigenvalue weighted by atomic mass is 10.1. The smallest absolute Gasteiger partial charge is 0.303 e. The number of carbonyl (C=O) groups is 2. The highest BCUT2D eigenvalue weighted by molar-refractivity contribution is 5.80. The monoisotopic (exact) mass is 756 g/mol. The Morgan fingerprint density at radius 3 is 0.942 bits per heavy atom. The van der Waals surface area contributed by atoms with Crippen molar-refractivity contribution in [3.63, 3.8) is 0 Å².